The third-order valence-corrected chi connectivity index (χ3v) is 8.08. The van der Waals surface area contributed by atoms with E-state index in [1.807, 2.05) is 32.9 Å². The SMILES string of the molecule is Cc1sc2nc(CS[C@H](C)C(=O)N(C)Cc3ccc([C@@H]4C[C@@H]4C)o3)[nH]c(=O)c2c1C. The average Bonchev–Trinajstić information content (AvgIpc) is 3.12. The Morgan fingerprint density at radius 2 is 2.17 bits per heavy atom. The number of nitrogens with one attached hydrogen (secondary N) is 1. The van der Waals surface area contributed by atoms with Crippen LogP contribution >= 0.6 is 23.1 Å². The summed E-state index contributed by atoms with van der Waals surface area (Å²) in [6.07, 6.45) is 1.18. The van der Waals surface area contributed by atoms with E-state index in [2.05, 4.69) is 16.9 Å². The smallest absolute Gasteiger partial charge is 0.259 e. The third kappa shape index (κ3) is 4.21. The number of hydrogen-bond acceptors (Lipinski definition) is 6. The largest absolute Gasteiger partial charge is 0.464 e. The summed E-state index contributed by atoms with van der Waals surface area (Å²) >= 11 is 3.01. The van der Waals surface area contributed by atoms with E-state index in [0.29, 0.717) is 35.3 Å². The summed E-state index contributed by atoms with van der Waals surface area (Å²) in [5.74, 6) is 4.20. The van der Waals surface area contributed by atoms with E-state index in [0.717, 1.165) is 26.8 Å². The fraction of sp³-hybridized carbons (Fsp3) is 0.500. The van der Waals surface area contributed by atoms with Crippen molar-refractivity contribution in [2.45, 2.75) is 57.6 Å². The minimum absolute atomic E-state index is 0.0315. The van der Waals surface area contributed by atoms with Gasteiger partial charge < -0.3 is 14.3 Å². The van der Waals surface area contributed by atoms with Crippen molar-refractivity contribution >= 4 is 39.2 Å². The normalized spacial score (nSPS) is 19.2. The fourth-order valence-corrected chi connectivity index (χ4v) is 5.58. The van der Waals surface area contributed by atoms with Crippen LogP contribution in [0.2, 0.25) is 0 Å². The van der Waals surface area contributed by atoms with Crippen LogP contribution in [0.4, 0.5) is 0 Å². The highest BCUT2D eigenvalue weighted by atomic mass is 32.2. The molecular weight excluding hydrogens is 418 g/mol. The van der Waals surface area contributed by atoms with Crippen LogP contribution in [0.25, 0.3) is 10.2 Å². The molecular formula is C22H27N3O3S2. The van der Waals surface area contributed by atoms with Gasteiger partial charge in [0.25, 0.3) is 5.56 Å². The maximum Gasteiger partial charge on any atom is 0.259 e. The third-order valence-electron chi connectivity index (χ3n) is 5.83. The van der Waals surface area contributed by atoms with Crippen molar-refractivity contribution in [3.8, 4) is 0 Å². The zero-order valence-electron chi connectivity index (χ0n) is 17.9. The van der Waals surface area contributed by atoms with Crippen molar-refractivity contribution < 1.29 is 9.21 Å². The number of amides is 1. The Bertz CT molecular complexity index is 1150. The highest BCUT2D eigenvalue weighted by Crippen LogP contribution is 2.47. The highest BCUT2D eigenvalue weighted by molar-refractivity contribution is 7.99. The second kappa shape index (κ2) is 8.23. The molecule has 3 atom stereocenters. The van der Waals surface area contributed by atoms with E-state index >= 15 is 0 Å². The highest BCUT2D eigenvalue weighted by Gasteiger charge is 2.36. The molecule has 0 unspecified atom stereocenters. The molecule has 4 rings (SSSR count). The quantitative estimate of drug-likeness (QED) is 0.575. The van der Waals surface area contributed by atoms with Gasteiger partial charge in [0.15, 0.2) is 0 Å². The van der Waals surface area contributed by atoms with Gasteiger partial charge in [0.2, 0.25) is 5.91 Å². The van der Waals surface area contributed by atoms with Crippen LogP contribution < -0.4 is 5.56 Å². The van der Waals surface area contributed by atoms with Gasteiger partial charge in [-0.3, -0.25) is 9.59 Å². The number of aromatic amines is 1. The fourth-order valence-electron chi connectivity index (χ4n) is 3.66. The second-order valence-corrected chi connectivity index (χ2v) is 10.8. The zero-order chi connectivity index (χ0) is 21.6. The topological polar surface area (TPSA) is 79.2 Å². The lowest BCUT2D eigenvalue weighted by Gasteiger charge is -2.20. The van der Waals surface area contributed by atoms with Crippen molar-refractivity contribution in [1.29, 1.82) is 0 Å². The summed E-state index contributed by atoms with van der Waals surface area (Å²) < 4.78 is 5.92. The Morgan fingerprint density at radius 1 is 1.43 bits per heavy atom. The maximum atomic E-state index is 12.8. The van der Waals surface area contributed by atoms with E-state index in [1.165, 1.54) is 29.5 Å². The number of thioether (sulfide) groups is 1. The molecule has 1 aliphatic carbocycles. The molecule has 30 heavy (non-hydrogen) atoms. The molecule has 3 aromatic rings. The Morgan fingerprint density at radius 3 is 2.87 bits per heavy atom. The van der Waals surface area contributed by atoms with Gasteiger partial charge in [0.1, 0.15) is 22.2 Å². The van der Waals surface area contributed by atoms with Gasteiger partial charge >= 0.3 is 0 Å². The number of thiophene rings is 1. The van der Waals surface area contributed by atoms with Crippen molar-refractivity contribution in [3.63, 3.8) is 0 Å². The van der Waals surface area contributed by atoms with Gasteiger partial charge in [-0.25, -0.2) is 4.98 Å². The minimum Gasteiger partial charge on any atom is -0.464 e. The minimum atomic E-state index is -0.249. The molecule has 0 spiro atoms. The summed E-state index contributed by atoms with van der Waals surface area (Å²) in [6.45, 7) is 8.52. The Kier molecular flexibility index (Phi) is 5.81. The Hall–Kier alpha value is -2.06. The van der Waals surface area contributed by atoms with Crippen molar-refractivity contribution in [3.05, 3.63) is 50.3 Å². The van der Waals surface area contributed by atoms with E-state index in [9.17, 15) is 9.59 Å². The van der Waals surface area contributed by atoms with E-state index in [-0.39, 0.29) is 16.7 Å². The molecule has 0 bridgehead atoms. The Balaban J connectivity index is 1.35. The van der Waals surface area contributed by atoms with E-state index < -0.39 is 0 Å². The number of rotatable bonds is 7. The number of fused-ring (bicyclic) bond motifs is 1. The van der Waals surface area contributed by atoms with Crippen molar-refractivity contribution in [2.75, 3.05) is 7.05 Å². The molecule has 0 aromatic carbocycles. The lowest BCUT2D eigenvalue weighted by Crippen LogP contribution is -2.32. The molecule has 1 aliphatic rings. The van der Waals surface area contributed by atoms with E-state index in [1.54, 1.807) is 11.9 Å². The van der Waals surface area contributed by atoms with Crippen LogP contribution in [-0.2, 0) is 17.1 Å². The van der Waals surface area contributed by atoms with Crippen molar-refractivity contribution in [1.82, 2.24) is 14.9 Å². The lowest BCUT2D eigenvalue weighted by molar-refractivity contribution is -0.129. The maximum absolute atomic E-state index is 12.8. The summed E-state index contributed by atoms with van der Waals surface area (Å²) in [5, 5.41) is 0.425. The van der Waals surface area contributed by atoms with Crippen LogP contribution in [0.3, 0.4) is 0 Å². The van der Waals surface area contributed by atoms with E-state index in [4.69, 9.17) is 4.42 Å². The predicted octanol–water partition coefficient (Wildman–Crippen LogP) is 4.60. The van der Waals surface area contributed by atoms with Crippen molar-refractivity contribution in [2.24, 2.45) is 5.92 Å². The van der Waals surface area contributed by atoms with Gasteiger partial charge in [0.05, 0.1) is 22.9 Å². The second-order valence-electron chi connectivity index (χ2n) is 8.25. The summed E-state index contributed by atoms with van der Waals surface area (Å²) in [6, 6.07) is 4.00. The first-order valence-electron chi connectivity index (χ1n) is 10.2. The molecule has 0 radical (unpaired) electrons. The predicted molar refractivity (Wildman–Crippen MR) is 122 cm³/mol. The van der Waals surface area contributed by atoms with Gasteiger partial charge in [-0.05, 0) is 50.8 Å². The lowest BCUT2D eigenvalue weighted by atomic mass is 10.2. The first-order chi connectivity index (χ1) is 14.2. The number of aromatic nitrogens is 2. The van der Waals surface area contributed by atoms with Crippen LogP contribution in [-0.4, -0.2) is 33.1 Å². The number of aryl methyl sites for hydroxylation is 2. The molecule has 0 saturated heterocycles. The molecule has 8 heteroatoms. The first kappa shape index (κ1) is 21.2. The summed E-state index contributed by atoms with van der Waals surface area (Å²) in [7, 11) is 1.80. The molecule has 160 valence electrons. The molecule has 1 fully saturated rings. The number of furan rings is 1. The van der Waals surface area contributed by atoms with Crippen LogP contribution in [0.1, 0.15) is 54.0 Å². The molecule has 6 nitrogen and oxygen atoms in total. The molecule has 1 saturated carbocycles. The van der Waals surface area contributed by atoms with Gasteiger partial charge in [0, 0.05) is 17.8 Å². The molecule has 3 aromatic heterocycles. The molecule has 3 heterocycles. The summed E-state index contributed by atoms with van der Waals surface area (Å²) in [5.41, 5.74) is 0.887. The number of carbonyl (C=O) groups is 1. The number of nitrogens with zero attached hydrogens (tertiary/aromatic N) is 2. The van der Waals surface area contributed by atoms with Crippen LogP contribution in [0.5, 0.6) is 0 Å². The summed E-state index contributed by atoms with van der Waals surface area (Å²) in [4.78, 5) is 36.2. The van der Waals surface area contributed by atoms with Gasteiger partial charge in [-0.1, -0.05) is 6.92 Å². The number of carbonyl (C=O) groups excluding carboxylic acids is 1. The molecule has 1 amide bonds. The first-order valence-corrected chi connectivity index (χ1v) is 12.0. The Labute approximate surface area is 184 Å². The zero-order valence-corrected chi connectivity index (χ0v) is 19.6. The standard InChI is InChI=1S/C22H27N3O3S2/c1-11-8-16(11)17-7-6-15(28-17)9-25(5)22(27)14(4)29-10-18-23-20(26)19-12(2)13(3)30-21(19)24-18/h6-7,11,14,16H,8-10H2,1-5H3,(H,23,24,26)/t11-,14+,16+/m0/s1. The van der Waals surface area contributed by atoms with Crippen LogP contribution in [0, 0.1) is 19.8 Å². The number of hydrogen-bond donors (Lipinski definition) is 1. The van der Waals surface area contributed by atoms with Gasteiger partial charge in [-0.2, -0.15) is 0 Å². The average molecular weight is 446 g/mol. The number of H-pyrrole nitrogens is 1. The van der Waals surface area contributed by atoms with Gasteiger partial charge in [-0.15, -0.1) is 23.1 Å². The van der Waals surface area contributed by atoms with Crippen LogP contribution in [0.15, 0.2) is 21.3 Å². The molecule has 1 N–H and O–H groups in total. The molecule has 0 aliphatic heterocycles. The monoisotopic (exact) mass is 445 g/mol.